The molecule has 0 saturated carbocycles. The van der Waals surface area contributed by atoms with Crippen LogP contribution in [0.5, 0.6) is 0 Å². The highest BCUT2D eigenvalue weighted by Crippen LogP contribution is 2.25. The molecule has 1 amide bonds. The molecule has 0 aliphatic carbocycles. The molecule has 1 aliphatic rings. The molecule has 1 aromatic rings. The number of likely N-dealkylation sites (tertiary alicyclic amines) is 1. The number of carbonyl (C=O) groups excluding carboxylic acids is 1. The monoisotopic (exact) mass is 349 g/mol. The van der Waals surface area contributed by atoms with E-state index in [1.807, 2.05) is 0 Å². The molecule has 0 bridgehead atoms. The van der Waals surface area contributed by atoms with E-state index >= 15 is 0 Å². The van der Waals surface area contributed by atoms with Crippen molar-refractivity contribution in [1.29, 1.82) is 0 Å². The summed E-state index contributed by atoms with van der Waals surface area (Å²) in [6.07, 6.45) is -0.634. The van der Waals surface area contributed by atoms with E-state index in [-0.39, 0.29) is 6.42 Å². The van der Waals surface area contributed by atoms with Crippen molar-refractivity contribution in [3.63, 3.8) is 0 Å². The molecule has 9 heteroatoms. The van der Waals surface area contributed by atoms with E-state index in [1.165, 1.54) is 0 Å². The van der Waals surface area contributed by atoms with Gasteiger partial charge >= 0.3 is 16.2 Å². The summed E-state index contributed by atoms with van der Waals surface area (Å²) in [6.45, 7) is -0.473. The number of aliphatic carboxylic acids is 1. The van der Waals surface area contributed by atoms with Crippen molar-refractivity contribution in [2.45, 2.75) is 24.1 Å². The van der Waals surface area contributed by atoms with Gasteiger partial charge in [0.15, 0.2) is 0 Å². The number of rotatable bonds is 5. The lowest BCUT2D eigenvalue weighted by molar-refractivity contribution is -0.148. The Hall–Kier alpha value is -1.67. The van der Waals surface area contributed by atoms with Gasteiger partial charge in [-0.15, -0.1) is 3.89 Å². The summed E-state index contributed by atoms with van der Waals surface area (Å²) in [6, 6.07) is 5.24. The minimum Gasteiger partial charge on any atom is -0.480 e. The van der Waals surface area contributed by atoms with Crippen molar-refractivity contribution in [3.8, 4) is 0 Å². The largest absolute Gasteiger partial charge is 0.480 e. The number of amides is 1. The maximum atomic E-state index is 13.0. The summed E-state index contributed by atoms with van der Waals surface area (Å²) < 4.78 is 34.9. The molecule has 0 spiro atoms. The van der Waals surface area contributed by atoms with Crippen LogP contribution in [-0.4, -0.2) is 48.1 Å². The van der Waals surface area contributed by atoms with Crippen LogP contribution in [0.15, 0.2) is 24.3 Å². The first-order valence-electron chi connectivity index (χ1n) is 6.39. The van der Waals surface area contributed by atoms with Gasteiger partial charge in [-0.1, -0.05) is 29.8 Å². The van der Waals surface area contributed by atoms with E-state index in [1.54, 1.807) is 24.3 Å². The van der Waals surface area contributed by atoms with E-state index < -0.39 is 46.4 Å². The van der Waals surface area contributed by atoms with Crippen LogP contribution in [0.4, 0.5) is 3.89 Å². The first kappa shape index (κ1) is 16.7. The number of halogens is 2. The third kappa shape index (κ3) is 3.56. The van der Waals surface area contributed by atoms with Gasteiger partial charge < -0.3 is 10.0 Å². The predicted molar refractivity (Wildman–Crippen MR) is 76.7 cm³/mol. The normalized spacial score (nSPS) is 20.2. The molecule has 1 N–H and O–H groups in total. The Balaban J connectivity index is 2.24. The molecular formula is C13H13ClFNO5S. The van der Waals surface area contributed by atoms with Crippen molar-refractivity contribution in [2.24, 2.45) is 0 Å². The fraction of sp³-hybridized carbons (Fsp3) is 0.385. The third-order valence-corrected chi connectivity index (χ3v) is 5.03. The topological polar surface area (TPSA) is 91.8 Å². The second kappa shape index (κ2) is 6.21. The minimum absolute atomic E-state index is 0.0835. The molecule has 1 saturated heterocycles. The highest BCUT2D eigenvalue weighted by atomic mass is 35.5. The van der Waals surface area contributed by atoms with Gasteiger partial charge in [0.2, 0.25) is 5.91 Å². The second-order valence-electron chi connectivity index (χ2n) is 5.00. The Bertz CT molecular complexity index is 708. The van der Waals surface area contributed by atoms with Gasteiger partial charge in [0, 0.05) is 24.4 Å². The van der Waals surface area contributed by atoms with Crippen molar-refractivity contribution in [3.05, 3.63) is 34.9 Å². The van der Waals surface area contributed by atoms with Gasteiger partial charge in [-0.3, -0.25) is 4.79 Å². The molecule has 1 aliphatic heterocycles. The lowest BCUT2D eigenvalue weighted by Crippen LogP contribution is -2.44. The van der Waals surface area contributed by atoms with E-state index in [0.29, 0.717) is 10.6 Å². The smallest absolute Gasteiger partial charge is 0.326 e. The molecule has 6 nitrogen and oxygen atoms in total. The fourth-order valence-electron chi connectivity index (χ4n) is 2.39. The first-order chi connectivity index (χ1) is 10.2. The number of nitrogens with zero attached hydrogens (tertiary/aromatic N) is 1. The van der Waals surface area contributed by atoms with Crippen LogP contribution < -0.4 is 0 Å². The summed E-state index contributed by atoms with van der Waals surface area (Å²) in [7, 11) is -4.89. The Morgan fingerprint density at radius 3 is 2.59 bits per heavy atom. The maximum Gasteiger partial charge on any atom is 0.326 e. The Kier molecular flexibility index (Phi) is 4.72. The highest BCUT2D eigenvalue weighted by molar-refractivity contribution is 7.87. The Morgan fingerprint density at radius 1 is 1.45 bits per heavy atom. The molecule has 1 aromatic carbocycles. The number of carboxylic acids is 1. The molecule has 1 fully saturated rings. The summed E-state index contributed by atoms with van der Waals surface area (Å²) >= 11 is 5.97. The Morgan fingerprint density at radius 2 is 2.09 bits per heavy atom. The van der Waals surface area contributed by atoms with Gasteiger partial charge in [-0.2, -0.15) is 8.42 Å². The molecular weight excluding hydrogens is 337 g/mol. The van der Waals surface area contributed by atoms with Crippen LogP contribution in [0.3, 0.4) is 0 Å². The molecule has 1 unspecified atom stereocenters. The molecule has 120 valence electrons. The highest BCUT2D eigenvalue weighted by Gasteiger charge is 2.43. The quantitative estimate of drug-likeness (QED) is 0.807. The number of benzene rings is 1. The van der Waals surface area contributed by atoms with Crippen LogP contribution in [-0.2, 0) is 26.2 Å². The van der Waals surface area contributed by atoms with Crippen LogP contribution in [0.25, 0.3) is 0 Å². The number of carbonyl (C=O) groups is 2. The van der Waals surface area contributed by atoms with Crippen LogP contribution in [0, 0.1) is 0 Å². The lowest BCUT2D eigenvalue weighted by Gasteiger charge is -2.24. The molecule has 2 rings (SSSR count). The van der Waals surface area contributed by atoms with Crippen LogP contribution >= 0.6 is 11.6 Å². The van der Waals surface area contributed by atoms with Gasteiger partial charge in [0.1, 0.15) is 11.3 Å². The predicted octanol–water partition coefficient (Wildman–Crippen LogP) is 1.24. The lowest BCUT2D eigenvalue weighted by atomic mass is 10.0. The third-order valence-electron chi connectivity index (χ3n) is 3.55. The summed E-state index contributed by atoms with van der Waals surface area (Å²) in [4.78, 5) is 24.2. The van der Waals surface area contributed by atoms with Crippen molar-refractivity contribution in [2.75, 3.05) is 6.54 Å². The minimum atomic E-state index is -4.89. The van der Waals surface area contributed by atoms with Crippen molar-refractivity contribution < 1.29 is 27.0 Å². The summed E-state index contributed by atoms with van der Waals surface area (Å²) in [5, 5.41) is 8.13. The van der Waals surface area contributed by atoms with Gasteiger partial charge in [-0.05, 0) is 11.6 Å². The van der Waals surface area contributed by atoms with Gasteiger partial charge in [0.05, 0.1) is 0 Å². The molecule has 1 heterocycles. The standard InChI is InChI=1S/C13H13ClFNO5S/c14-10-4-2-1-3-8(10)5-11(13(18)19)16-7-9(6-12(16)17)22(15,20)21/h1-4,9,11H,5-7H2,(H,18,19)/t9?,11-/m0/s1. The zero-order valence-corrected chi connectivity index (χ0v) is 12.8. The SMILES string of the molecule is O=C(O)[C@H](Cc1ccccc1Cl)N1CC(S(=O)(=O)F)CC1=O. The maximum absolute atomic E-state index is 13.0. The van der Waals surface area contributed by atoms with E-state index in [4.69, 9.17) is 11.6 Å². The number of carboxylic acid groups (broad SMARTS) is 1. The average molecular weight is 350 g/mol. The van der Waals surface area contributed by atoms with E-state index in [2.05, 4.69) is 0 Å². The number of hydrogen-bond acceptors (Lipinski definition) is 4. The van der Waals surface area contributed by atoms with Crippen LogP contribution in [0.1, 0.15) is 12.0 Å². The fourth-order valence-corrected chi connectivity index (χ4v) is 3.28. The van der Waals surface area contributed by atoms with E-state index in [0.717, 1.165) is 4.90 Å². The number of hydrogen-bond donors (Lipinski definition) is 1. The van der Waals surface area contributed by atoms with Crippen molar-refractivity contribution >= 4 is 33.7 Å². The van der Waals surface area contributed by atoms with Gasteiger partial charge in [-0.25, -0.2) is 4.79 Å². The zero-order valence-electron chi connectivity index (χ0n) is 11.3. The molecule has 0 radical (unpaired) electrons. The van der Waals surface area contributed by atoms with Crippen LogP contribution in [0.2, 0.25) is 5.02 Å². The zero-order chi connectivity index (χ0) is 16.5. The van der Waals surface area contributed by atoms with Gasteiger partial charge in [0.25, 0.3) is 0 Å². The second-order valence-corrected chi connectivity index (χ2v) is 7.02. The summed E-state index contributed by atoms with van der Waals surface area (Å²) in [5.74, 6) is -2.00. The molecule has 0 aromatic heterocycles. The van der Waals surface area contributed by atoms with E-state index in [9.17, 15) is 27.0 Å². The average Bonchev–Trinajstić information content (AvgIpc) is 2.79. The molecule has 2 atom stereocenters. The molecule has 22 heavy (non-hydrogen) atoms. The van der Waals surface area contributed by atoms with Crippen molar-refractivity contribution in [1.82, 2.24) is 4.90 Å². The first-order valence-corrected chi connectivity index (χ1v) is 8.21. The Labute approximate surface area is 131 Å². The summed E-state index contributed by atoms with van der Waals surface area (Å²) in [5.41, 5.74) is 0.510.